The van der Waals surface area contributed by atoms with Crippen LogP contribution in [0.2, 0.25) is 5.02 Å². The van der Waals surface area contributed by atoms with Gasteiger partial charge >= 0.3 is 0 Å². The van der Waals surface area contributed by atoms with Gasteiger partial charge in [-0.25, -0.2) is 4.98 Å². The van der Waals surface area contributed by atoms with Crippen molar-refractivity contribution < 1.29 is 9.53 Å². The Hall–Kier alpha value is -3.57. The number of ether oxygens (including phenoxy) is 1. The molecule has 0 fully saturated rings. The third-order valence-corrected chi connectivity index (χ3v) is 5.41. The Morgan fingerprint density at radius 3 is 2.62 bits per heavy atom. The predicted octanol–water partition coefficient (Wildman–Crippen LogP) is 5.43. The van der Waals surface area contributed by atoms with E-state index >= 15 is 0 Å². The molecule has 5 nitrogen and oxygen atoms in total. The number of nitrogens with one attached hydrogen (secondary N) is 1. The first kappa shape index (κ1) is 21.7. The second-order valence-electron chi connectivity index (χ2n) is 7.31. The molecule has 0 unspecified atom stereocenters. The van der Waals surface area contributed by atoms with Crippen molar-refractivity contribution in [1.29, 1.82) is 0 Å². The number of amides is 1. The number of fused-ring (bicyclic) bond motifs is 1. The number of carbonyl (C=O) groups is 1. The van der Waals surface area contributed by atoms with E-state index in [0.29, 0.717) is 30.3 Å². The topological polar surface area (TPSA) is 56.1 Å². The highest BCUT2D eigenvalue weighted by Gasteiger charge is 2.13. The van der Waals surface area contributed by atoms with Crippen LogP contribution < -0.4 is 10.1 Å². The Bertz CT molecular complexity index is 1230. The molecule has 6 heteroatoms. The van der Waals surface area contributed by atoms with Crippen molar-refractivity contribution in [2.75, 3.05) is 6.61 Å². The molecule has 4 aromatic rings. The fourth-order valence-electron chi connectivity index (χ4n) is 3.59. The molecule has 0 radical (unpaired) electrons. The number of aromatic nitrogens is 2. The van der Waals surface area contributed by atoms with Crippen molar-refractivity contribution in [3.63, 3.8) is 0 Å². The minimum Gasteiger partial charge on any atom is -0.491 e. The van der Waals surface area contributed by atoms with Gasteiger partial charge < -0.3 is 14.6 Å². The van der Waals surface area contributed by atoms with Gasteiger partial charge in [0.2, 0.25) is 0 Å². The molecule has 0 spiro atoms. The summed E-state index contributed by atoms with van der Waals surface area (Å²) in [7, 11) is 0. The maximum absolute atomic E-state index is 12.5. The van der Waals surface area contributed by atoms with E-state index in [1.165, 1.54) is 0 Å². The van der Waals surface area contributed by atoms with E-state index in [1.54, 1.807) is 24.3 Å². The summed E-state index contributed by atoms with van der Waals surface area (Å²) in [5.41, 5.74) is 3.55. The number of rotatable bonds is 9. The number of nitrogens with zero attached hydrogens (tertiary/aromatic N) is 2. The lowest BCUT2D eigenvalue weighted by atomic mass is 10.1. The summed E-state index contributed by atoms with van der Waals surface area (Å²) in [4.78, 5) is 17.3. The highest BCUT2D eigenvalue weighted by Crippen LogP contribution is 2.20. The number of hydrogen-bond acceptors (Lipinski definition) is 3. The summed E-state index contributed by atoms with van der Waals surface area (Å²) < 4.78 is 8.17. The van der Waals surface area contributed by atoms with E-state index < -0.39 is 0 Å². The molecular formula is C26H24ClN3O2. The van der Waals surface area contributed by atoms with Gasteiger partial charge in [-0.15, -0.1) is 6.58 Å². The number of halogens is 1. The Labute approximate surface area is 192 Å². The normalized spacial score (nSPS) is 10.8. The minimum atomic E-state index is -0.171. The molecule has 1 amide bonds. The zero-order valence-electron chi connectivity index (χ0n) is 17.6. The fourth-order valence-corrected chi connectivity index (χ4v) is 3.71. The molecule has 0 aliphatic rings. The van der Waals surface area contributed by atoms with Crippen LogP contribution >= 0.6 is 11.6 Å². The van der Waals surface area contributed by atoms with Crippen molar-refractivity contribution in [3.8, 4) is 5.75 Å². The molecule has 0 aliphatic heterocycles. The molecule has 0 saturated carbocycles. The molecule has 0 aliphatic carbocycles. The smallest absolute Gasteiger partial charge is 0.251 e. The van der Waals surface area contributed by atoms with E-state index in [4.69, 9.17) is 21.3 Å². The summed E-state index contributed by atoms with van der Waals surface area (Å²) in [6.45, 7) is 5.21. The second-order valence-corrected chi connectivity index (χ2v) is 7.74. The van der Waals surface area contributed by atoms with Crippen molar-refractivity contribution >= 4 is 28.5 Å². The number of para-hydroxylation sites is 3. The molecule has 0 saturated heterocycles. The molecule has 162 valence electrons. The van der Waals surface area contributed by atoms with Crippen molar-refractivity contribution in [1.82, 2.24) is 14.9 Å². The summed E-state index contributed by atoms with van der Waals surface area (Å²) in [5.74, 6) is 1.46. The van der Waals surface area contributed by atoms with Crippen LogP contribution in [0.3, 0.4) is 0 Å². The van der Waals surface area contributed by atoms with Crippen molar-refractivity contribution in [2.45, 2.75) is 19.5 Å². The maximum atomic E-state index is 12.5. The summed E-state index contributed by atoms with van der Waals surface area (Å²) in [5, 5.41) is 3.55. The quantitative estimate of drug-likeness (QED) is 0.349. The van der Waals surface area contributed by atoms with Crippen molar-refractivity contribution in [2.24, 2.45) is 0 Å². The van der Waals surface area contributed by atoms with E-state index in [1.807, 2.05) is 54.6 Å². The number of carbonyl (C=O) groups excluding carboxylic acids is 1. The Balaban J connectivity index is 1.48. The van der Waals surface area contributed by atoms with Gasteiger partial charge in [-0.05, 0) is 54.4 Å². The molecule has 0 bridgehead atoms. The Kier molecular flexibility index (Phi) is 6.87. The SMILES string of the molecule is C=CCc1ccccc1OCCn1c(CNC(=O)c2ccc(Cl)cc2)nc2ccccc21. The lowest BCUT2D eigenvalue weighted by Crippen LogP contribution is -2.25. The van der Waals surface area contributed by atoms with Crippen LogP contribution in [-0.4, -0.2) is 22.1 Å². The molecule has 4 rings (SSSR count). The minimum absolute atomic E-state index is 0.171. The standard InChI is InChI=1S/C26H24ClN3O2/c1-2-7-19-8-3-6-11-24(19)32-17-16-30-23-10-5-4-9-22(23)29-25(30)18-28-26(31)20-12-14-21(27)15-13-20/h2-6,8-15H,1,7,16-18H2,(H,28,31). The van der Waals surface area contributed by atoms with Gasteiger partial charge in [0.05, 0.1) is 24.1 Å². The molecule has 32 heavy (non-hydrogen) atoms. The number of benzene rings is 3. The van der Waals surface area contributed by atoms with Gasteiger partial charge in [0.25, 0.3) is 5.91 Å². The summed E-state index contributed by atoms with van der Waals surface area (Å²) in [6, 6.07) is 22.7. The first-order valence-corrected chi connectivity index (χ1v) is 10.8. The third-order valence-electron chi connectivity index (χ3n) is 5.16. The highest BCUT2D eigenvalue weighted by atomic mass is 35.5. The van der Waals surface area contributed by atoms with Crippen LogP contribution in [0.4, 0.5) is 0 Å². The third kappa shape index (κ3) is 5.01. The predicted molar refractivity (Wildman–Crippen MR) is 128 cm³/mol. The molecule has 1 aromatic heterocycles. The van der Waals surface area contributed by atoms with E-state index in [-0.39, 0.29) is 5.91 Å². The number of allylic oxidation sites excluding steroid dienone is 1. The van der Waals surface area contributed by atoms with Crippen LogP contribution in [0.25, 0.3) is 11.0 Å². The lowest BCUT2D eigenvalue weighted by molar-refractivity contribution is 0.0949. The maximum Gasteiger partial charge on any atom is 0.251 e. The van der Waals surface area contributed by atoms with Gasteiger partial charge in [0, 0.05) is 10.6 Å². The highest BCUT2D eigenvalue weighted by molar-refractivity contribution is 6.30. The summed E-state index contributed by atoms with van der Waals surface area (Å²) in [6.07, 6.45) is 2.62. The summed E-state index contributed by atoms with van der Waals surface area (Å²) >= 11 is 5.91. The largest absolute Gasteiger partial charge is 0.491 e. The average molecular weight is 446 g/mol. The van der Waals surface area contributed by atoms with Gasteiger partial charge in [0.1, 0.15) is 18.2 Å². The van der Waals surface area contributed by atoms with Crippen molar-refractivity contribution in [3.05, 3.63) is 107 Å². The zero-order chi connectivity index (χ0) is 22.3. The first-order chi connectivity index (χ1) is 15.7. The van der Waals surface area contributed by atoms with Crippen LogP contribution in [0.15, 0.2) is 85.5 Å². The van der Waals surface area contributed by atoms with E-state index in [2.05, 4.69) is 16.5 Å². The molecule has 1 heterocycles. The van der Waals surface area contributed by atoms with Crippen LogP contribution in [0.5, 0.6) is 5.75 Å². The van der Waals surface area contributed by atoms with Crippen LogP contribution in [-0.2, 0) is 19.5 Å². The first-order valence-electron chi connectivity index (χ1n) is 10.4. The van der Waals surface area contributed by atoms with Gasteiger partial charge in [-0.1, -0.05) is 48.0 Å². The van der Waals surface area contributed by atoms with Crippen LogP contribution in [0.1, 0.15) is 21.7 Å². The van der Waals surface area contributed by atoms with E-state index in [0.717, 1.165) is 34.6 Å². The lowest BCUT2D eigenvalue weighted by Gasteiger charge is -2.13. The molecule has 3 aromatic carbocycles. The second kappa shape index (κ2) is 10.2. The molecular weight excluding hydrogens is 422 g/mol. The number of imidazole rings is 1. The Morgan fingerprint density at radius 2 is 1.81 bits per heavy atom. The number of hydrogen-bond donors (Lipinski definition) is 1. The zero-order valence-corrected chi connectivity index (χ0v) is 18.4. The average Bonchev–Trinajstić information content (AvgIpc) is 3.17. The fraction of sp³-hybridized carbons (Fsp3) is 0.154. The van der Waals surface area contributed by atoms with Gasteiger partial charge in [0.15, 0.2) is 0 Å². The van der Waals surface area contributed by atoms with E-state index in [9.17, 15) is 4.79 Å². The van der Waals surface area contributed by atoms with Crippen LogP contribution in [0, 0.1) is 0 Å². The monoisotopic (exact) mass is 445 g/mol. The van der Waals surface area contributed by atoms with Gasteiger partial charge in [-0.2, -0.15) is 0 Å². The molecule has 1 N–H and O–H groups in total. The van der Waals surface area contributed by atoms with Gasteiger partial charge in [-0.3, -0.25) is 4.79 Å². The Morgan fingerprint density at radius 1 is 1.06 bits per heavy atom. The molecule has 0 atom stereocenters.